The summed E-state index contributed by atoms with van der Waals surface area (Å²) in [4.78, 5) is 0.344. The molecule has 0 aliphatic heterocycles. The van der Waals surface area contributed by atoms with Gasteiger partial charge in [-0.2, -0.15) is 0 Å². The summed E-state index contributed by atoms with van der Waals surface area (Å²) >= 11 is 0. The van der Waals surface area contributed by atoms with E-state index in [0.29, 0.717) is 22.3 Å². The Labute approximate surface area is 124 Å². The molecule has 0 spiro atoms. The van der Waals surface area contributed by atoms with E-state index in [-0.39, 0.29) is 21.3 Å². The number of aryl methyl sites for hydroxylation is 4. The Kier molecular flexibility index (Phi) is 3.72. The van der Waals surface area contributed by atoms with Crippen LogP contribution in [0.4, 0.5) is 0 Å². The number of hydrogen-bond acceptors (Lipinski definition) is 4. The molecule has 4 nitrogen and oxygen atoms in total. The van der Waals surface area contributed by atoms with E-state index in [1.807, 2.05) is 0 Å². The first kappa shape index (κ1) is 15.4. The fraction of sp³-hybridized carbons (Fsp3) is 0.250. The van der Waals surface area contributed by atoms with Gasteiger partial charge in [0.05, 0.1) is 9.79 Å². The van der Waals surface area contributed by atoms with Crippen molar-refractivity contribution in [2.75, 3.05) is 0 Å². The highest BCUT2D eigenvalue weighted by Gasteiger charge is 2.24. The van der Waals surface area contributed by atoms with Crippen molar-refractivity contribution in [3.63, 3.8) is 0 Å². The third-order valence-electron chi connectivity index (χ3n) is 3.49. The molecule has 0 bridgehead atoms. The molecule has 0 unspecified atom stereocenters. The number of benzene rings is 2. The number of phenolic OH excluding ortho intramolecular Hbond substituents is 2. The van der Waals surface area contributed by atoms with Crippen LogP contribution in [0.2, 0.25) is 0 Å². The lowest BCUT2D eigenvalue weighted by atomic mass is 10.1. The zero-order chi connectivity index (χ0) is 15.9. The van der Waals surface area contributed by atoms with Gasteiger partial charge in [0.15, 0.2) is 0 Å². The highest BCUT2D eigenvalue weighted by Crippen LogP contribution is 2.33. The molecule has 0 radical (unpaired) electrons. The fourth-order valence-corrected chi connectivity index (χ4v) is 4.41. The second-order valence-corrected chi connectivity index (χ2v) is 7.20. The van der Waals surface area contributed by atoms with Crippen molar-refractivity contribution in [1.82, 2.24) is 0 Å². The topological polar surface area (TPSA) is 74.6 Å². The Bertz CT molecular complexity index is 774. The molecule has 112 valence electrons. The van der Waals surface area contributed by atoms with Gasteiger partial charge in [-0.05, 0) is 74.2 Å². The number of hydrogen-bond donors (Lipinski definition) is 2. The maximum absolute atomic E-state index is 12.8. The average Bonchev–Trinajstić information content (AvgIpc) is 2.33. The van der Waals surface area contributed by atoms with E-state index in [4.69, 9.17) is 0 Å². The molecule has 0 heterocycles. The van der Waals surface area contributed by atoms with Gasteiger partial charge in [-0.15, -0.1) is 0 Å². The third-order valence-corrected chi connectivity index (χ3v) is 5.53. The lowest BCUT2D eigenvalue weighted by molar-refractivity contribution is 0.466. The number of sulfone groups is 1. The van der Waals surface area contributed by atoms with Crippen molar-refractivity contribution in [2.24, 2.45) is 0 Å². The monoisotopic (exact) mass is 306 g/mol. The van der Waals surface area contributed by atoms with Gasteiger partial charge in [0.1, 0.15) is 11.5 Å². The van der Waals surface area contributed by atoms with E-state index in [9.17, 15) is 18.6 Å². The van der Waals surface area contributed by atoms with E-state index in [1.165, 1.54) is 24.3 Å². The van der Waals surface area contributed by atoms with Crippen molar-refractivity contribution in [3.05, 3.63) is 46.5 Å². The van der Waals surface area contributed by atoms with Crippen molar-refractivity contribution in [2.45, 2.75) is 37.5 Å². The molecule has 0 aliphatic carbocycles. The summed E-state index contributed by atoms with van der Waals surface area (Å²) < 4.78 is 25.7. The largest absolute Gasteiger partial charge is 0.508 e. The van der Waals surface area contributed by atoms with Crippen LogP contribution in [0.5, 0.6) is 11.5 Å². The molecule has 0 amide bonds. The van der Waals surface area contributed by atoms with Gasteiger partial charge in [0.2, 0.25) is 9.84 Å². The van der Waals surface area contributed by atoms with Gasteiger partial charge >= 0.3 is 0 Å². The number of rotatable bonds is 2. The quantitative estimate of drug-likeness (QED) is 0.893. The van der Waals surface area contributed by atoms with Gasteiger partial charge in [-0.1, -0.05) is 0 Å². The van der Waals surface area contributed by atoms with Crippen LogP contribution in [0.1, 0.15) is 22.3 Å². The summed E-state index contributed by atoms with van der Waals surface area (Å²) in [7, 11) is -3.70. The molecule has 0 fully saturated rings. The lowest BCUT2D eigenvalue weighted by Gasteiger charge is -2.13. The Morgan fingerprint density at radius 1 is 0.762 bits per heavy atom. The molecule has 0 atom stereocenters. The van der Waals surface area contributed by atoms with Gasteiger partial charge in [0.25, 0.3) is 0 Å². The van der Waals surface area contributed by atoms with E-state index >= 15 is 0 Å². The van der Waals surface area contributed by atoms with Gasteiger partial charge < -0.3 is 10.2 Å². The lowest BCUT2D eigenvalue weighted by Crippen LogP contribution is -2.07. The van der Waals surface area contributed by atoms with Crippen LogP contribution in [0.15, 0.2) is 34.1 Å². The van der Waals surface area contributed by atoms with Crippen LogP contribution in [-0.2, 0) is 9.84 Å². The minimum Gasteiger partial charge on any atom is -0.508 e. The summed E-state index contributed by atoms with van der Waals surface area (Å²) in [6, 6.07) is 5.78. The highest BCUT2D eigenvalue weighted by atomic mass is 32.2. The fourth-order valence-electron chi connectivity index (χ4n) is 2.54. The van der Waals surface area contributed by atoms with Gasteiger partial charge in [-0.3, -0.25) is 0 Å². The zero-order valence-electron chi connectivity index (χ0n) is 12.4. The molecular weight excluding hydrogens is 288 g/mol. The third kappa shape index (κ3) is 2.61. The maximum Gasteiger partial charge on any atom is 0.207 e. The Hall–Kier alpha value is -2.01. The van der Waals surface area contributed by atoms with Crippen LogP contribution in [0.3, 0.4) is 0 Å². The highest BCUT2D eigenvalue weighted by molar-refractivity contribution is 7.91. The zero-order valence-corrected chi connectivity index (χ0v) is 13.2. The van der Waals surface area contributed by atoms with Crippen LogP contribution in [0.25, 0.3) is 0 Å². The molecule has 2 aromatic carbocycles. The second kappa shape index (κ2) is 5.07. The van der Waals surface area contributed by atoms with E-state index < -0.39 is 9.84 Å². The maximum atomic E-state index is 12.8. The smallest absolute Gasteiger partial charge is 0.207 e. The average molecular weight is 306 g/mol. The van der Waals surface area contributed by atoms with E-state index in [2.05, 4.69) is 0 Å². The second-order valence-electron chi connectivity index (χ2n) is 5.32. The molecule has 0 aromatic heterocycles. The predicted molar refractivity (Wildman–Crippen MR) is 80.6 cm³/mol. The Morgan fingerprint density at radius 2 is 1.19 bits per heavy atom. The van der Waals surface area contributed by atoms with Gasteiger partial charge in [0, 0.05) is 0 Å². The summed E-state index contributed by atoms with van der Waals surface area (Å²) in [6.07, 6.45) is 0. The summed E-state index contributed by atoms with van der Waals surface area (Å²) in [6.45, 7) is 6.63. The van der Waals surface area contributed by atoms with Crippen molar-refractivity contribution < 1.29 is 18.6 Å². The molecule has 0 aliphatic rings. The minimum atomic E-state index is -3.70. The summed E-state index contributed by atoms with van der Waals surface area (Å²) in [5.74, 6) is 0.148. The van der Waals surface area contributed by atoms with Crippen LogP contribution in [-0.4, -0.2) is 18.6 Å². The van der Waals surface area contributed by atoms with Gasteiger partial charge in [-0.25, -0.2) is 8.42 Å². The minimum absolute atomic E-state index is 0.0435. The standard InChI is InChI=1S/C16H18O4S/c1-9-7-14(8-10(2)15(9)18)21(19,20)16-11(3)5-13(17)6-12(16)4/h5-8,17-18H,1-4H3. The van der Waals surface area contributed by atoms with E-state index in [1.54, 1.807) is 27.7 Å². The number of phenols is 2. The Morgan fingerprint density at radius 3 is 1.62 bits per heavy atom. The summed E-state index contributed by atoms with van der Waals surface area (Å²) in [5, 5.41) is 19.3. The molecule has 21 heavy (non-hydrogen) atoms. The van der Waals surface area contributed by atoms with Crippen LogP contribution in [0, 0.1) is 27.7 Å². The summed E-state index contributed by atoms with van der Waals surface area (Å²) in [5.41, 5.74) is 2.03. The first-order valence-corrected chi connectivity index (χ1v) is 7.98. The SMILES string of the molecule is Cc1cc(S(=O)(=O)c2c(C)cc(O)cc2C)cc(C)c1O. The Balaban J connectivity index is 2.75. The molecule has 0 saturated carbocycles. The normalized spacial score (nSPS) is 11.6. The molecule has 2 N–H and O–H groups in total. The van der Waals surface area contributed by atoms with Crippen LogP contribution >= 0.6 is 0 Å². The molecule has 0 saturated heterocycles. The first-order chi connectivity index (χ1) is 9.64. The van der Waals surface area contributed by atoms with Crippen molar-refractivity contribution in [3.8, 4) is 11.5 Å². The van der Waals surface area contributed by atoms with E-state index in [0.717, 1.165) is 0 Å². The van der Waals surface area contributed by atoms with Crippen molar-refractivity contribution >= 4 is 9.84 Å². The first-order valence-electron chi connectivity index (χ1n) is 6.50. The van der Waals surface area contributed by atoms with Crippen LogP contribution < -0.4 is 0 Å². The molecular formula is C16H18O4S. The number of aromatic hydroxyl groups is 2. The predicted octanol–water partition coefficient (Wildman–Crippen LogP) is 3.16. The molecule has 2 rings (SSSR count). The van der Waals surface area contributed by atoms with Crippen molar-refractivity contribution in [1.29, 1.82) is 0 Å². The molecule has 5 heteroatoms. The molecule has 2 aromatic rings.